The fourth-order valence-electron chi connectivity index (χ4n) is 1.83. The Morgan fingerprint density at radius 3 is 2.88 bits per heavy atom. The SMILES string of the molecule is CNC(Cc1ccco1)c1ncccc1C. The van der Waals surface area contributed by atoms with Gasteiger partial charge in [-0.2, -0.15) is 0 Å². The van der Waals surface area contributed by atoms with E-state index in [1.54, 1.807) is 6.26 Å². The van der Waals surface area contributed by atoms with Gasteiger partial charge in [-0.25, -0.2) is 0 Å². The number of hydrogen-bond acceptors (Lipinski definition) is 3. The highest BCUT2D eigenvalue weighted by Gasteiger charge is 2.14. The second-order valence-electron chi connectivity index (χ2n) is 3.83. The summed E-state index contributed by atoms with van der Waals surface area (Å²) in [5.74, 6) is 0.976. The number of likely N-dealkylation sites (N-methyl/N-ethyl adjacent to an activating group) is 1. The fraction of sp³-hybridized carbons (Fsp3) is 0.308. The maximum atomic E-state index is 5.36. The highest BCUT2D eigenvalue weighted by Crippen LogP contribution is 2.19. The maximum Gasteiger partial charge on any atom is 0.105 e. The Morgan fingerprint density at radius 1 is 1.38 bits per heavy atom. The molecule has 2 heterocycles. The molecule has 3 heteroatoms. The molecule has 2 rings (SSSR count). The number of hydrogen-bond donors (Lipinski definition) is 1. The van der Waals surface area contributed by atoms with Gasteiger partial charge in [0.05, 0.1) is 18.0 Å². The molecule has 0 aliphatic carbocycles. The number of rotatable bonds is 4. The van der Waals surface area contributed by atoms with Gasteiger partial charge in [-0.15, -0.1) is 0 Å². The molecule has 1 unspecified atom stereocenters. The number of nitrogens with zero attached hydrogens (tertiary/aromatic N) is 1. The zero-order valence-corrected chi connectivity index (χ0v) is 9.60. The predicted octanol–water partition coefficient (Wildman–Crippen LogP) is 2.49. The molecule has 16 heavy (non-hydrogen) atoms. The lowest BCUT2D eigenvalue weighted by Gasteiger charge is -2.16. The van der Waals surface area contributed by atoms with Crippen molar-refractivity contribution >= 4 is 0 Å². The van der Waals surface area contributed by atoms with E-state index in [0.29, 0.717) is 0 Å². The van der Waals surface area contributed by atoms with Crippen LogP contribution >= 0.6 is 0 Å². The van der Waals surface area contributed by atoms with Crippen molar-refractivity contribution in [3.63, 3.8) is 0 Å². The molecule has 1 N–H and O–H groups in total. The predicted molar refractivity (Wildman–Crippen MR) is 63.2 cm³/mol. The van der Waals surface area contributed by atoms with Crippen LogP contribution in [0.1, 0.15) is 23.1 Å². The molecule has 0 saturated heterocycles. The molecular weight excluding hydrogens is 200 g/mol. The maximum absolute atomic E-state index is 5.36. The van der Waals surface area contributed by atoms with Gasteiger partial charge in [0.2, 0.25) is 0 Å². The first-order valence-electron chi connectivity index (χ1n) is 5.42. The van der Waals surface area contributed by atoms with Gasteiger partial charge in [0.15, 0.2) is 0 Å². The number of aryl methyl sites for hydroxylation is 1. The van der Waals surface area contributed by atoms with Gasteiger partial charge in [-0.1, -0.05) is 6.07 Å². The summed E-state index contributed by atoms with van der Waals surface area (Å²) in [6.45, 7) is 2.08. The molecule has 84 valence electrons. The zero-order chi connectivity index (χ0) is 11.4. The van der Waals surface area contributed by atoms with E-state index in [-0.39, 0.29) is 6.04 Å². The van der Waals surface area contributed by atoms with Crippen LogP contribution in [0.3, 0.4) is 0 Å². The molecule has 0 bridgehead atoms. The first kappa shape index (κ1) is 10.9. The van der Waals surface area contributed by atoms with Gasteiger partial charge in [0.1, 0.15) is 5.76 Å². The third-order valence-electron chi connectivity index (χ3n) is 2.71. The van der Waals surface area contributed by atoms with Crippen LogP contribution in [-0.2, 0) is 6.42 Å². The van der Waals surface area contributed by atoms with Gasteiger partial charge in [0, 0.05) is 12.6 Å². The standard InChI is InChI=1S/C13H16N2O/c1-10-5-3-7-15-13(10)12(14-2)9-11-6-4-8-16-11/h3-8,12,14H,9H2,1-2H3. The lowest BCUT2D eigenvalue weighted by Crippen LogP contribution is -2.20. The van der Waals surface area contributed by atoms with Crippen molar-refractivity contribution in [1.29, 1.82) is 0 Å². The van der Waals surface area contributed by atoms with Gasteiger partial charge in [-0.05, 0) is 37.7 Å². The molecule has 0 fully saturated rings. The largest absolute Gasteiger partial charge is 0.469 e. The third kappa shape index (κ3) is 2.31. The van der Waals surface area contributed by atoms with Gasteiger partial charge in [0.25, 0.3) is 0 Å². The summed E-state index contributed by atoms with van der Waals surface area (Å²) < 4.78 is 5.36. The quantitative estimate of drug-likeness (QED) is 0.853. The van der Waals surface area contributed by atoms with Crippen LogP contribution in [0.25, 0.3) is 0 Å². The van der Waals surface area contributed by atoms with Crippen LogP contribution in [0, 0.1) is 6.92 Å². The van der Waals surface area contributed by atoms with Crippen molar-refractivity contribution in [3.8, 4) is 0 Å². The summed E-state index contributed by atoms with van der Waals surface area (Å²) >= 11 is 0. The number of nitrogens with one attached hydrogen (secondary N) is 1. The lowest BCUT2D eigenvalue weighted by molar-refractivity contribution is 0.460. The van der Waals surface area contributed by atoms with Crippen molar-refractivity contribution in [2.24, 2.45) is 0 Å². The van der Waals surface area contributed by atoms with E-state index >= 15 is 0 Å². The summed E-state index contributed by atoms with van der Waals surface area (Å²) in [6, 6.07) is 8.13. The molecule has 0 saturated carbocycles. The minimum atomic E-state index is 0.201. The summed E-state index contributed by atoms with van der Waals surface area (Å²) in [4.78, 5) is 4.43. The molecule has 3 nitrogen and oxygen atoms in total. The summed E-state index contributed by atoms with van der Waals surface area (Å²) in [6.07, 6.45) is 4.35. The van der Waals surface area contributed by atoms with Gasteiger partial charge < -0.3 is 9.73 Å². The molecule has 0 amide bonds. The third-order valence-corrected chi connectivity index (χ3v) is 2.71. The highest BCUT2D eigenvalue weighted by molar-refractivity contribution is 5.22. The number of aromatic nitrogens is 1. The average molecular weight is 216 g/mol. The molecule has 0 aliphatic heterocycles. The topological polar surface area (TPSA) is 38.1 Å². The van der Waals surface area contributed by atoms with Crippen molar-refractivity contribution in [2.75, 3.05) is 7.05 Å². The Morgan fingerprint density at radius 2 is 2.25 bits per heavy atom. The first-order valence-corrected chi connectivity index (χ1v) is 5.42. The summed E-state index contributed by atoms with van der Waals surface area (Å²) in [5, 5.41) is 3.27. The molecule has 0 spiro atoms. The van der Waals surface area contributed by atoms with E-state index in [0.717, 1.165) is 17.9 Å². The van der Waals surface area contributed by atoms with Crippen LogP contribution in [0.2, 0.25) is 0 Å². The second-order valence-corrected chi connectivity index (χ2v) is 3.83. The van der Waals surface area contributed by atoms with Crippen LogP contribution < -0.4 is 5.32 Å². The Hall–Kier alpha value is -1.61. The zero-order valence-electron chi connectivity index (χ0n) is 9.60. The van der Waals surface area contributed by atoms with E-state index in [9.17, 15) is 0 Å². The van der Waals surface area contributed by atoms with Crippen LogP contribution in [-0.4, -0.2) is 12.0 Å². The van der Waals surface area contributed by atoms with E-state index in [1.165, 1.54) is 5.56 Å². The highest BCUT2D eigenvalue weighted by atomic mass is 16.3. The molecule has 2 aromatic heterocycles. The first-order chi connectivity index (χ1) is 7.81. The second kappa shape index (κ2) is 4.94. The van der Waals surface area contributed by atoms with Crippen molar-refractivity contribution < 1.29 is 4.42 Å². The minimum absolute atomic E-state index is 0.201. The fourth-order valence-corrected chi connectivity index (χ4v) is 1.83. The molecule has 1 atom stereocenters. The summed E-state index contributed by atoms with van der Waals surface area (Å²) in [7, 11) is 1.95. The smallest absolute Gasteiger partial charge is 0.105 e. The van der Waals surface area contributed by atoms with Crippen molar-refractivity contribution in [1.82, 2.24) is 10.3 Å². The van der Waals surface area contributed by atoms with Gasteiger partial charge >= 0.3 is 0 Å². The van der Waals surface area contributed by atoms with Crippen molar-refractivity contribution in [2.45, 2.75) is 19.4 Å². The van der Waals surface area contributed by atoms with Gasteiger partial charge in [-0.3, -0.25) is 4.98 Å². The Bertz CT molecular complexity index is 437. The Labute approximate surface area is 95.5 Å². The minimum Gasteiger partial charge on any atom is -0.469 e. The Kier molecular flexibility index (Phi) is 3.37. The molecule has 0 radical (unpaired) electrons. The summed E-state index contributed by atoms with van der Waals surface area (Å²) in [5.41, 5.74) is 2.29. The van der Waals surface area contributed by atoms with Crippen LogP contribution in [0.5, 0.6) is 0 Å². The van der Waals surface area contributed by atoms with E-state index in [2.05, 4.69) is 23.3 Å². The van der Waals surface area contributed by atoms with Crippen LogP contribution in [0.15, 0.2) is 41.1 Å². The Balaban J connectivity index is 2.20. The monoisotopic (exact) mass is 216 g/mol. The number of furan rings is 1. The van der Waals surface area contributed by atoms with E-state index in [4.69, 9.17) is 4.42 Å². The average Bonchev–Trinajstić information content (AvgIpc) is 2.80. The molecular formula is C13H16N2O. The van der Waals surface area contributed by atoms with Crippen molar-refractivity contribution in [3.05, 3.63) is 53.7 Å². The lowest BCUT2D eigenvalue weighted by atomic mass is 10.0. The molecule has 0 aromatic carbocycles. The normalized spacial score (nSPS) is 12.6. The molecule has 0 aliphatic rings. The number of pyridine rings is 1. The molecule has 2 aromatic rings. The van der Waals surface area contributed by atoms with E-state index in [1.807, 2.05) is 31.4 Å². The van der Waals surface area contributed by atoms with E-state index < -0.39 is 0 Å². The van der Waals surface area contributed by atoms with Crippen LogP contribution in [0.4, 0.5) is 0 Å².